The van der Waals surface area contributed by atoms with Gasteiger partial charge in [0, 0.05) is 13.2 Å². The lowest BCUT2D eigenvalue weighted by Gasteiger charge is -2.11. The van der Waals surface area contributed by atoms with E-state index in [1.54, 1.807) is 0 Å². The van der Waals surface area contributed by atoms with Gasteiger partial charge in [-0.2, -0.15) is 0 Å². The fourth-order valence-corrected chi connectivity index (χ4v) is 2.35. The van der Waals surface area contributed by atoms with Crippen LogP contribution in [0.4, 0.5) is 0 Å². The van der Waals surface area contributed by atoms with Gasteiger partial charge in [-0.1, -0.05) is 57.8 Å². The van der Waals surface area contributed by atoms with E-state index in [1.165, 1.54) is 57.8 Å². The first-order valence-electron chi connectivity index (χ1n) is 8.07. The summed E-state index contributed by atoms with van der Waals surface area (Å²) >= 11 is 0. The Labute approximate surface area is 114 Å². The average molecular weight is 258 g/mol. The molecule has 0 unspecified atom stereocenters. The van der Waals surface area contributed by atoms with E-state index in [0.717, 1.165) is 26.1 Å². The van der Waals surface area contributed by atoms with Crippen LogP contribution in [0.15, 0.2) is 0 Å². The molecule has 0 saturated heterocycles. The molecule has 18 heavy (non-hydrogen) atoms. The van der Waals surface area contributed by atoms with Gasteiger partial charge in [0.1, 0.15) is 0 Å². The maximum absolute atomic E-state index is 9.59. The Morgan fingerprint density at radius 1 is 0.722 bits per heavy atom. The molecule has 0 spiro atoms. The zero-order chi connectivity index (χ0) is 13.5. The van der Waals surface area contributed by atoms with Crippen molar-refractivity contribution >= 4 is 0 Å². The fraction of sp³-hybridized carbons (Fsp3) is 1.00. The van der Waals surface area contributed by atoms with Gasteiger partial charge in [-0.05, 0) is 26.7 Å². The molecule has 0 amide bonds. The van der Waals surface area contributed by atoms with Crippen LogP contribution >= 0.6 is 0 Å². The molecule has 0 atom stereocenters. The fourth-order valence-electron chi connectivity index (χ4n) is 2.35. The summed E-state index contributed by atoms with van der Waals surface area (Å²) in [4.78, 5) is 0. The third-order valence-corrected chi connectivity index (χ3v) is 3.48. The van der Waals surface area contributed by atoms with E-state index in [4.69, 9.17) is 4.74 Å². The first-order valence-corrected chi connectivity index (χ1v) is 8.07. The summed E-state index contributed by atoms with van der Waals surface area (Å²) in [7, 11) is 0. The first-order chi connectivity index (χ1) is 8.81. The van der Waals surface area contributed by atoms with Gasteiger partial charge in [0.15, 0.2) is 0 Å². The van der Waals surface area contributed by atoms with Crippen LogP contribution in [-0.4, -0.2) is 24.4 Å². The Kier molecular flexibility index (Phi) is 14.9. The van der Waals surface area contributed by atoms with Crippen LogP contribution in [0.25, 0.3) is 0 Å². The Morgan fingerprint density at radius 3 is 1.33 bits per heavy atom. The number of aliphatic hydroxyl groups is 1. The molecule has 0 aromatic rings. The van der Waals surface area contributed by atoms with Crippen LogP contribution in [-0.2, 0) is 4.74 Å². The molecular weight excluding hydrogens is 224 g/mol. The Bertz CT molecular complexity index is 134. The summed E-state index contributed by atoms with van der Waals surface area (Å²) in [5, 5.41) is 9.59. The molecule has 1 aliphatic carbocycles. The highest BCUT2D eigenvalue weighted by atomic mass is 16.5. The van der Waals surface area contributed by atoms with Crippen LogP contribution in [0.5, 0.6) is 0 Å². The Hall–Kier alpha value is -0.0800. The summed E-state index contributed by atoms with van der Waals surface area (Å²) < 4.78 is 4.83. The summed E-state index contributed by atoms with van der Waals surface area (Å²) in [5.74, 6) is 0. The van der Waals surface area contributed by atoms with E-state index in [0.29, 0.717) is 0 Å². The summed E-state index contributed by atoms with van der Waals surface area (Å²) in [5.41, 5.74) is 0. The lowest BCUT2D eigenvalue weighted by atomic mass is 10.00. The summed E-state index contributed by atoms with van der Waals surface area (Å²) in [6.07, 6.45) is 14.2. The molecule has 2 heteroatoms. The van der Waals surface area contributed by atoms with Crippen LogP contribution in [0, 0.1) is 0 Å². The quantitative estimate of drug-likeness (QED) is 0.778. The smallest absolute Gasteiger partial charge is 0.0540 e. The van der Waals surface area contributed by atoms with Crippen LogP contribution in [0.2, 0.25) is 0 Å². The van der Waals surface area contributed by atoms with Crippen molar-refractivity contribution in [1.82, 2.24) is 0 Å². The van der Waals surface area contributed by atoms with Gasteiger partial charge in [-0.3, -0.25) is 0 Å². The van der Waals surface area contributed by atoms with Crippen LogP contribution in [0.1, 0.15) is 84.5 Å². The van der Waals surface area contributed by atoms with Gasteiger partial charge < -0.3 is 9.84 Å². The number of aliphatic hydroxyl groups excluding tert-OH is 1. The Morgan fingerprint density at radius 2 is 1.06 bits per heavy atom. The van der Waals surface area contributed by atoms with E-state index in [2.05, 4.69) is 0 Å². The van der Waals surface area contributed by atoms with Gasteiger partial charge in [0.2, 0.25) is 0 Å². The highest BCUT2D eigenvalue weighted by Crippen LogP contribution is 2.16. The second-order valence-electron chi connectivity index (χ2n) is 5.19. The second-order valence-corrected chi connectivity index (χ2v) is 5.19. The Balaban J connectivity index is 0.000000494. The predicted octanol–water partition coefficient (Wildman–Crippen LogP) is 4.69. The van der Waals surface area contributed by atoms with Crippen molar-refractivity contribution in [2.45, 2.75) is 90.6 Å². The van der Waals surface area contributed by atoms with Gasteiger partial charge in [0.25, 0.3) is 0 Å². The standard InChI is InChI=1S/C12H24O.C4H10O/c13-12-10-8-6-4-2-1-3-5-7-9-11-12;1-3-5-4-2/h12-13H,1-11H2;3-4H2,1-2H3. The van der Waals surface area contributed by atoms with Crippen molar-refractivity contribution in [3.8, 4) is 0 Å². The molecule has 2 nitrogen and oxygen atoms in total. The van der Waals surface area contributed by atoms with Crippen LogP contribution < -0.4 is 0 Å². The van der Waals surface area contributed by atoms with E-state index in [1.807, 2.05) is 13.8 Å². The molecule has 1 N–H and O–H groups in total. The van der Waals surface area contributed by atoms with Crippen molar-refractivity contribution in [2.24, 2.45) is 0 Å². The normalized spacial score (nSPS) is 20.2. The molecule has 0 aliphatic heterocycles. The third-order valence-electron chi connectivity index (χ3n) is 3.48. The minimum absolute atomic E-state index is 0.000531. The zero-order valence-electron chi connectivity index (χ0n) is 12.6. The number of ether oxygens (including phenoxy) is 1. The minimum atomic E-state index is -0.000531. The molecule has 1 fully saturated rings. The van der Waals surface area contributed by atoms with E-state index >= 15 is 0 Å². The maximum atomic E-state index is 9.59. The molecule has 1 rings (SSSR count). The zero-order valence-corrected chi connectivity index (χ0v) is 12.6. The predicted molar refractivity (Wildman–Crippen MR) is 79.0 cm³/mol. The van der Waals surface area contributed by atoms with Crippen molar-refractivity contribution in [2.75, 3.05) is 13.2 Å². The van der Waals surface area contributed by atoms with Crippen LogP contribution in [0.3, 0.4) is 0 Å². The minimum Gasteiger partial charge on any atom is -0.393 e. The molecule has 1 aliphatic rings. The van der Waals surface area contributed by atoms with E-state index in [-0.39, 0.29) is 6.10 Å². The molecule has 110 valence electrons. The van der Waals surface area contributed by atoms with Gasteiger partial charge in [-0.15, -0.1) is 0 Å². The molecule has 0 heterocycles. The van der Waals surface area contributed by atoms with E-state index < -0.39 is 0 Å². The largest absolute Gasteiger partial charge is 0.393 e. The molecule has 0 aromatic carbocycles. The SMILES string of the molecule is CCOCC.OC1CCCCCCCCCCC1. The maximum Gasteiger partial charge on any atom is 0.0540 e. The lowest BCUT2D eigenvalue weighted by Crippen LogP contribution is -2.06. The van der Waals surface area contributed by atoms with Crippen molar-refractivity contribution in [3.63, 3.8) is 0 Å². The highest BCUT2D eigenvalue weighted by Gasteiger charge is 2.04. The molecule has 0 aromatic heterocycles. The summed E-state index contributed by atoms with van der Waals surface area (Å²) in [6, 6.07) is 0. The van der Waals surface area contributed by atoms with Gasteiger partial charge in [0.05, 0.1) is 6.10 Å². The number of hydrogen-bond donors (Lipinski definition) is 1. The first kappa shape index (κ1) is 17.9. The average Bonchev–Trinajstić information content (AvgIpc) is 2.35. The highest BCUT2D eigenvalue weighted by molar-refractivity contribution is 4.58. The summed E-state index contributed by atoms with van der Waals surface area (Å²) in [6.45, 7) is 5.67. The molecule has 1 saturated carbocycles. The number of hydrogen-bond acceptors (Lipinski definition) is 2. The van der Waals surface area contributed by atoms with Gasteiger partial charge >= 0.3 is 0 Å². The van der Waals surface area contributed by atoms with Gasteiger partial charge in [-0.25, -0.2) is 0 Å². The molecular formula is C16H34O2. The molecule has 0 bridgehead atoms. The van der Waals surface area contributed by atoms with Crippen molar-refractivity contribution in [3.05, 3.63) is 0 Å². The molecule has 0 radical (unpaired) electrons. The van der Waals surface area contributed by atoms with Crippen molar-refractivity contribution < 1.29 is 9.84 Å². The second kappa shape index (κ2) is 15.0. The number of rotatable bonds is 2. The monoisotopic (exact) mass is 258 g/mol. The third kappa shape index (κ3) is 14.0. The van der Waals surface area contributed by atoms with E-state index in [9.17, 15) is 5.11 Å². The lowest BCUT2D eigenvalue weighted by molar-refractivity contribution is 0.146. The van der Waals surface area contributed by atoms with Crippen molar-refractivity contribution in [1.29, 1.82) is 0 Å². The topological polar surface area (TPSA) is 29.5 Å².